The van der Waals surface area contributed by atoms with Gasteiger partial charge in [0, 0.05) is 22.9 Å². The third-order valence-corrected chi connectivity index (χ3v) is 3.20. The van der Waals surface area contributed by atoms with Crippen LogP contribution in [0.5, 0.6) is 0 Å². The minimum absolute atomic E-state index is 0.246. The fourth-order valence-corrected chi connectivity index (χ4v) is 2.18. The van der Waals surface area contributed by atoms with Crippen molar-refractivity contribution in [2.24, 2.45) is 0 Å². The number of halogens is 1. The second kappa shape index (κ2) is 6.61. The van der Waals surface area contributed by atoms with Crippen LogP contribution in [0.25, 0.3) is 0 Å². The smallest absolute Gasteiger partial charge is 0.257 e. The number of benzene rings is 2. The fourth-order valence-electron chi connectivity index (χ4n) is 2.00. The van der Waals surface area contributed by atoms with Crippen molar-refractivity contribution in [2.45, 2.75) is 6.54 Å². The van der Waals surface area contributed by atoms with Gasteiger partial charge in [0.25, 0.3) is 5.91 Å². The molecule has 0 saturated heterocycles. The molecule has 1 amide bonds. The third-order valence-electron chi connectivity index (χ3n) is 2.97. The van der Waals surface area contributed by atoms with E-state index in [4.69, 9.17) is 17.3 Å². The number of nitrogens with zero attached hydrogens (tertiary/aromatic N) is 1. The van der Waals surface area contributed by atoms with Gasteiger partial charge in [-0.05, 0) is 50.0 Å². The Morgan fingerprint density at radius 1 is 1.19 bits per heavy atom. The van der Waals surface area contributed by atoms with Crippen molar-refractivity contribution < 1.29 is 4.79 Å². The molecule has 4 nitrogen and oxygen atoms in total. The molecule has 2 rings (SSSR count). The molecule has 0 fully saturated rings. The number of nitrogens with two attached hydrogens (primary N) is 1. The number of nitrogens with one attached hydrogen (secondary N) is 1. The maximum atomic E-state index is 12.2. The maximum Gasteiger partial charge on any atom is 0.257 e. The molecule has 0 atom stereocenters. The van der Waals surface area contributed by atoms with Gasteiger partial charge in [0.05, 0.1) is 5.56 Å². The van der Waals surface area contributed by atoms with Crippen LogP contribution in [0.4, 0.5) is 11.4 Å². The molecule has 3 N–H and O–H groups in total. The molecule has 110 valence electrons. The monoisotopic (exact) mass is 303 g/mol. The maximum absolute atomic E-state index is 12.2. The molecule has 0 unspecified atom stereocenters. The van der Waals surface area contributed by atoms with Crippen LogP contribution in [-0.4, -0.2) is 24.9 Å². The van der Waals surface area contributed by atoms with Gasteiger partial charge >= 0.3 is 0 Å². The number of amides is 1. The molecule has 0 aliphatic heterocycles. The van der Waals surface area contributed by atoms with Gasteiger partial charge < -0.3 is 16.0 Å². The highest BCUT2D eigenvalue weighted by atomic mass is 35.5. The second-order valence-corrected chi connectivity index (χ2v) is 5.56. The summed E-state index contributed by atoms with van der Waals surface area (Å²) in [6.07, 6.45) is 0. The zero-order valence-corrected chi connectivity index (χ0v) is 12.8. The molecule has 5 heteroatoms. The van der Waals surface area contributed by atoms with Crippen molar-refractivity contribution >= 4 is 28.9 Å². The SMILES string of the molecule is CN(C)Cc1ccc(NC(=O)c2ccc(Cl)cc2N)cc1. The van der Waals surface area contributed by atoms with Crippen LogP contribution in [0.3, 0.4) is 0 Å². The normalized spacial score (nSPS) is 10.7. The minimum atomic E-state index is -0.246. The molecule has 2 aromatic carbocycles. The quantitative estimate of drug-likeness (QED) is 0.853. The van der Waals surface area contributed by atoms with Gasteiger partial charge in [-0.25, -0.2) is 0 Å². The van der Waals surface area contributed by atoms with E-state index in [0.29, 0.717) is 16.3 Å². The summed E-state index contributed by atoms with van der Waals surface area (Å²) >= 11 is 5.83. The topological polar surface area (TPSA) is 58.4 Å². The first-order chi connectivity index (χ1) is 9.95. The lowest BCUT2D eigenvalue weighted by atomic mass is 10.1. The molecular formula is C16H18ClN3O. The largest absolute Gasteiger partial charge is 0.398 e. The van der Waals surface area contributed by atoms with E-state index < -0.39 is 0 Å². The lowest BCUT2D eigenvalue weighted by Gasteiger charge is -2.11. The number of anilines is 2. The van der Waals surface area contributed by atoms with Gasteiger partial charge in [0.15, 0.2) is 0 Å². The van der Waals surface area contributed by atoms with E-state index >= 15 is 0 Å². The number of nitrogen functional groups attached to an aromatic ring is 1. The van der Waals surface area contributed by atoms with E-state index in [2.05, 4.69) is 10.2 Å². The zero-order chi connectivity index (χ0) is 15.4. The van der Waals surface area contributed by atoms with Crippen molar-refractivity contribution in [2.75, 3.05) is 25.1 Å². The molecule has 0 saturated carbocycles. The van der Waals surface area contributed by atoms with E-state index in [1.54, 1.807) is 18.2 Å². The third kappa shape index (κ3) is 4.21. The molecule has 2 aromatic rings. The average molecular weight is 304 g/mol. The Bertz CT molecular complexity index is 638. The van der Waals surface area contributed by atoms with Crippen LogP contribution in [0.15, 0.2) is 42.5 Å². The molecule has 0 bridgehead atoms. The summed E-state index contributed by atoms with van der Waals surface area (Å²) in [5, 5.41) is 3.33. The number of hydrogen-bond donors (Lipinski definition) is 2. The van der Waals surface area contributed by atoms with Gasteiger partial charge in [-0.15, -0.1) is 0 Å². The van der Waals surface area contributed by atoms with Gasteiger partial charge in [-0.3, -0.25) is 4.79 Å². The van der Waals surface area contributed by atoms with Crippen molar-refractivity contribution in [3.8, 4) is 0 Å². The highest BCUT2D eigenvalue weighted by molar-refractivity contribution is 6.31. The summed E-state index contributed by atoms with van der Waals surface area (Å²) < 4.78 is 0. The van der Waals surface area contributed by atoms with Gasteiger partial charge in [-0.1, -0.05) is 23.7 Å². The number of carbonyl (C=O) groups excluding carboxylic acids is 1. The molecule has 0 aromatic heterocycles. The highest BCUT2D eigenvalue weighted by Gasteiger charge is 2.10. The molecule has 0 aliphatic rings. The fraction of sp³-hybridized carbons (Fsp3) is 0.188. The first kappa shape index (κ1) is 15.4. The summed E-state index contributed by atoms with van der Waals surface area (Å²) in [5.41, 5.74) is 8.50. The van der Waals surface area contributed by atoms with Crippen molar-refractivity contribution in [1.29, 1.82) is 0 Å². The summed E-state index contributed by atoms with van der Waals surface area (Å²) in [7, 11) is 4.03. The summed E-state index contributed by atoms with van der Waals surface area (Å²) in [4.78, 5) is 14.3. The lowest BCUT2D eigenvalue weighted by molar-refractivity contribution is 0.102. The van der Waals surface area contributed by atoms with Crippen LogP contribution in [-0.2, 0) is 6.54 Å². The van der Waals surface area contributed by atoms with Crippen LogP contribution < -0.4 is 11.1 Å². The Balaban J connectivity index is 2.08. The first-order valence-corrected chi connectivity index (χ1v) is 6.93. The molecular weight excluding hydrogens is 286 g/mol. The molecule has 0 aliphatic carbocycles. The zero-order valence-electron chi connectivity index (χ0n) is 12.1. The van der Waals surface area contributed by atoms with E-state index in [1.165, 1.54) is 5.56 Å². The Kier molecular flexibility index (Phi) is 4.83. The first-order valence-electron chi connectivity index (χ1n) is 6.56. The van der Waals surface area contributed by atoms with Gasteiger partial charge in [-0.2, -0.15) is 0 Å². The van der Waals surface area contributed by atoms with E-state index in [9.17, 15) is 4.79 Å². The predicted octanol–water partition coefficient (Wildman–Crippen LogP) is 3.24. The Morgan fingerprint density at radius 3 is 2.43 bits per heavy atom. The molecule has 0 heterocycles. The van der Waals surface area contributed by atoms with Crippen LogP contribution >= 0.6 is 11.6 Å². The number of rotatable bonds is 4. The summed E-state index contributed by atoms with van der Waals surface area (Å²) in [6, 6.07) is 12.6. The predicted molar refractivity (Wildman–Crippen MR) is 87.7 cm³/mol. The van der Waals surface area contributed by atoms with Crippen LogP contribution in [0.2, 0.25) is 5.02 Å². The van der Waals surface area contributed by atoms with Crippen molar-refractivity contribution in [3.63, 3.8) is 0 Å². The summed E-state index contributed by atoms with van der Waals surface area (Å²) in [5.74, 6) is -0.246. The average Bonchev–Trinajstić information content (AvgIpc) is 2.40. The minimum Gasteiger partial charge on any atom is -0.398 e. The van der Waals surface area contributed by atoms with Gasteiger partial charge in [0.1, 0.15) is 0 Å². The molecule has 0 radical (unpaired) electrons. The lowest BCUT2D eigenvalue weighted by Crippen LogP contribution is -2.14. The van der Waals surface area contributed by atoms with E-state index in [0.717, 1.165) is 12.2 Å². The van der Waals surface area contributed by atoms with E-state index in [-0.39, 0.29) is 5.91 Å². The molecule has 0 spiro atoms. The van der Waals surface area contributed by atoms with Crippen molar-refractivity contribution in [3.05, 3.63) is 58.6 Å². The summed E-state index contributed by atoms with van der Waals surface area (Å²) in [6.45, 7) is 0.859. The Hall–Kier alpha value is -2.04. The van der Waals surface area contributed by atoms with Crippen LogP contribution in [0.1, 0.15) is 15.9 Å². The van der Waals surface area contributed by atoms with Crippen molar-refractivity contribution in [1.82, 2.24) is 4.90 Å². The Labute approximate surface area is 129 Å². The second-order valence-electron chi connectivity index (χ2n) is 5.12. The highest BCUT2D eigenvalue weighted by Crippen LogP contribution is 2.19. The standard InChI is InChI=1S/C16H18ClN3O/c1-20(2)10-11-3-6-13(7-4-11)19-16(21)14-8-5-12(17)9-15(14)18/h3-9H,10,18H2,1-2H3,(H,19,21). The van der Waals surface area contributed by atoms with Crippen LogP contribution in [0, 0.1) is 0 Å². The number of carbonyl (C=O) groups is 1. The van der Waals surface area contributed by atoms with E-state index in [1.807, 2.05) is 38.4 Å². The van der Waals surface area contributed by atoms with Gasteiger partial charge in [0.2, 0.25) is 0 Å². The Morgan fingerprint density at radius 2 is 1.86 bits per heavy atom. The molecule has 21 heavy (non-hydrogen) atoms. The number of hydrogen-bond acceptors (Lipinski definition) is 3.